The van der Waals surface area contributed by atoms with Gasteiger partial charge >= 0.3 is 0 Å². The number of hydrogen-bond donors (Lipinski definition) is 2. The summed E-state index contributed by atoms with van der Waals surface area (Å²) in [7, 11) is 1.61. The highest BCUT2D eigenvalue weighted by molar-refractivity contribution is 14.1. The molecule has 0 fully saturated rings. The first-order valence-electron chi connectivity index (χ1n) is 5.52. The van der Waals surface area contributed by atoms with Gasteiger partial charge in [-0.1, -0.05) is 0 Å². The van der Waals surface area contributed by atoms with Crippen LogP contribution in [-0.4, -0.2) is 33.1 Å². The van der Waals surface area contributed by atoms with E-state index in [2.05, 4.69) is 48.1 Å². The maximum Gasteiger partial charge on any atom is 0.269 e. The van der Waals surface area contributed by atoms with Crippen LogP contribution in [0.15, 0.2) is 6.20 Å². The third-order valence-corrected chi connectivity index (χ3v) is 3.54. The Labute approximate surface area is 117 Å². The van der Waals surface area contributed by atoms with Crippen molar-refractivity contribution in [2.75, 3.05) is 7.05 Å². The summed E-state index contributed by atoms with van der Waals surface area (Å²) in [6, 6.07) is 0. The van der Waals surface area contributed by atoms with Crippen molar-refractivity contribution in [3.63, 3.8) is 0 Å². The molecule has 18 heavy (non-hydrogen) atoms. The predicted molar refractivity (Wildman–Crippen MR) is 73.1 cm³/mol. The van der Waals surface area contributed by atoms with Crippen LogP contribution in [0.25, 0.3) is 11.4 Å². The SMILES string of the molecule is CNC(=O)c1[nH]nc2c1CCc1cnc(I)nc1-2. The minimum absolute atomic E-state index is 0.143. The number of H-pyrrole nitrogens is 1. The van der Waals surface area contributed by atoms with Crippen molar-refractivity contribution in [2.24, 2.45) is 0 Å². The summed E-state index contributed by atoms with van der Waals surface area (Å²) in [6.07, 6.45) is 3.45. The summed E-state index contributed by atoms with van der Waals surface area (Å²) < 4.78 is 0.684. The van der Waals surface area contributed by atoms with E-state index >= 15 is 0 Å². The number of halogens is 1. The van der Waals surface area contributed by atoms with Gasteiger partial charge in [-0.15, -0.1) is 0 Å². The third-order valence-electron chi connectivity index (χ3n) is 3.03. The van der Waals surface area contributed by atoms with Crippen molar-refractivity contribution in [2.45, 2.75) is 12.8 Å². The molecule has 6 nitrogen and oxygen atoms in total. The average molecular weight is 355 g/mol. The Morgan fingerprint density at radius 1 is 1.44 bits per heavy atom. The highest BCUT2D eigenvalue weighted by Gasteiger charge is 2.26. The number of rotatable bonds is 1. The molecular formula is C11H10IN5O. The Morgan fingerprint density at radius 2 is 2.28 bits per heavy atom. The van der Waals surface area contributed by atoms with Gasteiger partial charge in [0.25, 0.3) is 5.91 Å². The molecule has 0 saturated carbocycles. The van der Waals surface area contributed by atoms with Crippen molar-refractivity contribution >= 4 is 28.5 Å². The molecule has 1 amide bonds. The van der Waals surface area contributed by atoms with Crippen LogP contribution in [0.4, 0.5) is 0 Å². The van der Waals surface area contributed by atoms with E-state index in [1.54, 1.807) is 7.05 Å². The zero-order valence-electron chi connectivity index (χ0n) is 9.62. The van der Waals surface area contributed by atoms with E-state index in [0.717, 1.165) is 35.4 Å². The van der Waals surface area contributed by atoms with Gasteiger partial charge in [-0.25, -0.2) is 9.97 Å². The lowest BCUT2D eigenvalue weighted by atomic mass is 9.93. The van der Waals surface area contributed by atoms with E-state index in [1.807, 2.05) is 6.20 Å². The second-order valence-electron chi connectivity index (χ2n) is 4.02. The first-order valence-corrected chi connectivity index (χ1v) is 6.59. The Balaban J connectivity index is 2.17. The highest BCUT2D eigenvalue weighted by Crippen LogP contribution is 2.31. The molecule has 3 rings (SSSR count). The molecule has 0 bridgehead atoms. The molecule has 0 unspecified atom stereocenters. The molecule has 2 aromatic rings. The fourth-order valence-electron chi connectivity index (χ4n) is 2.15. The summed E-state index contributed by atoms with van der Waals surface area (Å²) in [5.41, 5.74) is 4.17. The fourth-order valence-corrected chi connectivity index (χ4v) is 2.53. The molecule has 1 aliphatic rings. The quantitative estimate of drug-likeness (QED) is 0.589. The van der Waals surface area contributed by atoms with Crippen molar-refractivity contribution in [1.82, 2.24) is 25.5 Å². The predicted octanol–water partition coefficient (Wildman–Crippen LogP) is 0.930. The van der Waals surface area contributed by atoms with Crippen molar-refractivity contribution in [3.05, 3.63) is 26.8 Å². The number of fused-ring (bicyclic) bond motifs is 3. The molecule has 0 aliphatic heterocycles. The zero-order valence-corrected chi connectivity index (χ0v) is 11.8. The number of nitrogens with zero attached hydrogens (tertiary/aromatic N) is 3. The average Bonchev–Trinajstić information content (AvgIpc) is 2.82. The minimum atomic E-state index is -0.143. The second-order valence-corrected chi connectivity index (χ2v) is 4.98. The zero-order chi connectivity index (χ0) is 12.7. The summed E-state index contributed by atoms with van der Waals surface area (Å²) in [6.45, 7) is 0. The Kier molecular flexibility index (Phi) is 2.77. The van der Waals surface area contributed by atoms with Gasteiger partial charge in [-0.2, -0.15) is 5.10 Å². The molecule has 0 saturated heterocycles. The number of aromatic amines is 1. The van der Waals surface area contributed by atoms with E-state index in [1.165, 1.54) is 0 Å². The van der Waals surface area contributed by atoms with Crippen LogP contribution in [0.1, 0.15) is 21.6 Å². The minimum Gasteiger partial charge on any atom is -0.354 e. The number of hydrogen-bond acceptors (Lipinski definition) is 4. The lowest BCUT2D eigenvalue weighted by Crippen LogP contribution is -2.20. The highest BCUT2D eigenvalue weighted by atomic mass is 127. The molecule has 2 heterocycles. The molecule has 0 aromatic carbocycles. The van der Waals surface area contributed by atoms with Crippen molar-refractivity contribution < 1.29 is 4.79 Å². The number of aromatic nitrogens is 4. The Hall–Kier alpha value is -1.51. The molecule has 2 aromatic heterocycles. The van der Waals surface area contributed by atoms with Crippen LogP contribution < -0.4 is 5.32 Å². The van der Waals surface area contributed by atoms with Crippen LogP contribution in [0.5, 0.6) is 0 Å². The largest absolute Gasteiger partial charge is 0.354 e. The molecule has 0 spiro atoms. The summed E-state index contributed by atoms with van der Waals surface area (Å²) in [5.74, 6) is -0.143. The van der Waals surface area contributed by atoms with Crippen molar-refractivity contribution in [3.8, 4) is 11.4 Å². The van der Waals surface area contributed by atoms with Gasteiger partial charge in [0.15, 0.2) is 3.83 Å². The van der Waals surface area contributed by atoms with Crippen LogP contribution in [-0.2, 0) is 12.8 Å². The van der Waals surface area contributed by atoms with E-state index in [-0.39, 0.29) is 5.91 Å². The number of amides is 1. The van der Waals surface area contributed by atoms with Crippen LogP contribution in [0, 0.1) is 3.83 Å². The summed E-state index contributed by atoms with van der Waals surface area (Å²) in [4.78, 5) is 20.3. The lowest BCUT2D eigenvalue weighted by Gasteiger charge is -2.14. The normalized spacial score (nSPS) is 12.8. The van der Waals surface area contributed by atoms with E-state index in [9.17, 15) is 4.79 Å². The molecule has 7 heteroatoms. The van der Waals surface area contributed by atoms with Crippen LogP contribution in [0.3, 0.4) is 0 Å². The van der Waals surface area contributed by atoms with Gasteiger partial charge in [-0.05, 0) is 18.4 Å². The van der Waals surface area contributed by atoms with Gasteiger partial charge in [0.2, 0.25) is 0 Å². The summed E-state index contributed by atoms with van der Waals surface area (Å²) in [5, 5.41) is 9.64. The second kappa shape index (κ2) is 4.30. The first-order chi connectivity index (χ1) is 8.70. The van der Waals surface area contributed by atoms with E-state index < -0.39 is 0 Å². The fraction of sp³-hybridized carbons (Fsp3) is 0.273. The monoisotopic (exact) mass is 355 g/mol. The number of nitrogens with one attached hydrogen (secondary N) is 2. The number of aryl methyl sites for hydroxylation is 1. The van der Waals surface area contributed by atoms with Gasteiger partial charge < -0.3 is 5.32 Å². The third kappa shape index (κ3) is 1.69. The molecule has 0 radical (unpaired) electrons. The molecule has 2 N–H and O–H groups in total. The Morgan fingerprint density at radius 3 is 3.06 bits per heavy atom. The maximum absolute atomic E-state index is 11.7. The van der Waals surface area contributed by atoms with Gasteiger partial charge in [-0.3, -0.25) is 9.89 Å². The molecular weight excluding hydrogens is 345 g/mol. The topological polar surface area (TPSA) is 83.6 Å². The van der Waals surface area contributed by atoms with Gasteiger partial charge in [0, 0.05) is 41.4 Å². The molecule has 0 atom stereocenters. The summed E-state index contributed by atoms with van der Waals surface area (Å²) >= 11 is 2.07. The van der Waals surface area contributed by atoms with E-state index in [4.69, 9.17) is 0 Å². The van der Waals surface area contributed by atoms with Gasteiger partial charge in [0.1, 0.15) is 11.4 Å². The smallest absolute Gasteiger partial charge is 0.269 e. The Bertz CT molecular complexity index is 636. The maximum atomic E-state index is 11.7. The number of carbonyl (C=O) groups is 1. The molecule has 92 valence electrons. The van der Waals surface area contributed by atoms with Crippen LogP contribution >= 0.6 is 22.6 Å². The number of carbonyl (C=O) groups excluding carboxylic acids is 1. The van der Waals surface area contributed by atoms with Crippen molar-refractivity contribution in [1.29, 1.82) is 0 Å². The van der Waals surface area contributed by atoms with Crippen LogP contribution in [0.2, 0.25) is 0 Å². The van der Waals surface area contributed by atoms with Gasteiger partial charge in [0.05, 0.1) is 5.69 Å². The standard InChI is InChI=1S/C11H10IN5O/c1-13-10(18)9-6-3-2-5-4-14-11(12)15-7(5)8(6)16-17-9/h4H,2-3H2,1H3,(H,13,18)(H,16,17). The lowest BCUT2D eigenvalue weighted by molar-refractivity contribution is 0.0957. The molecule has 1 aliphatic carbocycles. The van der Waals surface area contributed by atoms with E-state index in [0.29, 0.717) is 9.53 Å². The first kappa shape index (κ1) is 11.6.